The largest absolute Gasteiger partial charge is 0.383 e. The molecule has 1 aromatic heterocycles. The molecular formula is C11H19N3O. The van der Waals surface area contributed by atoms with Gasteiger partial charge in [-0.15, -0.1) is 0 Å². The van der Waals surface area contributed by atoms with Gasteiger partial charge in [-0.2, -0.15) is 0 Å². The van der Waals surface area contributed by atoms with Crippen molar-refractivity contribution in [3.05, 3.63) is 23.9 Å². The molecule has 0 amide bonds. The van der Waals surface area contributed by atoms with Gasteiger partial charge >= 0.3 is 0 Å². The third kappa shape index (κ3) is 4.76. The van der Waals surface area contributed by atoms with Crippen LogP contribution in [0.1, 0.15) is 12.6 Å². The van der Waals surface area contributed by atoms with Crippen LogP contribution in [0.15, 0.2) is 18.2 Å². The van der Waals surface area contributed by atoms with Crippen molar-refractivity contribution in [2.45, 2.75) is 13.5 Å². The number of pyridine rings is 1. The highest BCUT2D eigenvalue weighted by molar-refractivity contribution is 5.35. The van der Waals surface area contributed by atoms with E-state index in [4.69, 9.17) is 4.74 Å². The van der Waals surface area contributed by atoms with Crippen LogP contribution in [0.2, 0.25) is 0 Å². The number of methoxy groups -OCH3 is 1. The maximum absolute atomic E-state index is 4.96. The quantitative estimate of drug-likeness (QED) is 0.663. The number of nitrogens with one attached hydrogen (secondary N) is 2. The molecule has 4 nitrogen and oxygen atoms in total. The van der Waals surface area contributed by atoms with Crippen LogP contribution in [0.4, 0.5) is 5.82 Å². The molecule has 0 aromatic carbocycles. The first-order valence-electron chi connectivity index (χ1n) is 5.26. The van der Waals surface area contributed by atoms with Crippen molar-refractivity contribution in [1.82, 2.24) is 10.3 Å². The Balaban J connectivity index is 2.42. The van der Waals surface area contributed by atoms with Gasteiger partial charge in [-0.05, 0) is 18.7 Å². The Labute approximate surface area is 91.1 Å². The fourth-order valence-electron chi connectivity index (χ4n) is 1.21. The van der Waals surface area contributed by atoms with Crippen LogP contribution < -0.4 is 10.6 Å². The number of anilines is 1. The molecule has 15 heavy (non-hydrogen) atoms. The van der Waals surface area contributed by atoms with E-state index >= 15 is 0 Å². The Bertz CT molecular complexity index is 278. The van der Waals surface area contributed by atoms with Crippen LogP contribution in [0, 0.1) is 0 Å². The number of ether oxygens (including phenoxy) is 1. The Morgan fingerprint density at radius 3 is 3.00 bits per heavy atom. The van der Waals surface area contributed by atoms with Gasteiger partial charge in [0.1, 0.15) is 5.82 Å². The SMILES string of the molecule is CCNCc1cccc(NCCOC)n1. The van der Waals surface area contributed by atoms with Crippen LogP contribution in [-0.2, 0) is 11.3 Å². The van der Waals surface area contributed by atoms with Gasteiger partial charge < -0.3 is 15.4 Å². The molecule has 0 aliphatic heterocycles. The van der Waals surface area contributed by atoms with E-state index in [-0.39, 0.29) is 0 Å². The van der Waals surface area contributed by atoms with Crippen molar-refractivity contribution in [3.8, 4) is 0 Å². The normalized spacial score (nSPS) is 10.3. The third-order valence-corrected chi connectivity index (χ3v) is 1.98. The summed E-state index contributed by atoms with van der Waals surface area (Å²) < 4.78 is 4.96. The van der Waals surface area contributed by atoms with Gasteiger partial charge in [-0.1, -0.05) is 13.0 Å². The van der Waals surface area contributed by atoms with E-state index in [0.717, 1.165) is 31.1 Å². The van der Waals surface area contributed by atoms with E-state index in [2.05, 4.69) is 22.5 Å². The smallest absolute Gasteiger partial charge is 0.126 e. The van der Waals surface area contributed by atoms with Crippen molar-refractivity contribution in [2.24, 2.45) is 0 Å². The summed E-state index contributed by atoms with van der Waals surface area (Å²) in [6, 6.07) is 5.99. The molecule has 0 atom stereocenters. The summed E-state index contributed by atoms with van der Waals surface area (Å²) in [5.74, 6) is 0.905. The lowest BCUT2D eigenvalue weighted by Crippen LogP contribution is -2.14. The van der Waals surface area contributed by atoms with Gasteiger partial charge in [0.15, 0.2) is 0 Å². The second-order valence-electron chi connectivity index (χ2n) is 3.21. The van der Waals surface area contributed by atoms with Crippen LogP contribution in [0.5, 0.6) is 0 Å². The zero-order valence-corrected chi connectivity index (χ0v) is 9.42. The highest BCUT2D eigenvalue weighted by Crippen LogP contribution is 2.03. The standard InChI is InChI=1S/C11H19N3O/c1-3-12-9-10-5-4-6-11(14-10)13-7-8-15-2/h4-6,12H,3,7-9H2,1-2H3,(H,13,14). The average molecular weight is 209 g/mol. The van der Waals surface area contributed by atoms with Crippen molar-refractivity contribution in [2.75, 3.05) is 32.1 Å². The van der Waals surface area contributed by atoms with Gasteiger partial charge in [0, 0.05) is 20.2 Å². The summed E-state index contributed by atoms with van der Waals surface area (Å²) in [7, 11) is 1.69. The Hall–Kier alpha value is -1.13. The summed E-state index contributed by atoms with van der Waals surface area (Å²) in [5.41, 5.74) is 1.05. The molecule has 0 radical (unpaired) electrons. The molecule has 0 saturated heterocycles. The van der Waals surface area contributed by atoms with Crippen LogP contribution in [-0.4, -0.2) is 31.8 Å². The molecule has 4 heteroatoms. The number of hydrogen-bond acceptors (Lipinski definition) is 4. The van der Waals surface area contributed by atoms with Crippen molar-refractivity contribution >= 4 is 5.82 Å². The van der Waals surface area contributed by atoms with Gasteiger partial charge in [0.25, 0.3) is 0 Å². The average Bonchev–Trinajstić information content (AvgIpc) is 2.27. The molecule has 0 saturated carbocycles. The van der Waals surface area contributed by atoms with Crippen LogP contribution in [0.25, 0.3) is 0 Å². The minimum absolute atomic E-state index is 0.694. The molecule has 0 aliphatic carbocycles. The molecule has 0 fully saturated rings. The zero-order chi connectivity index (χ0) is 10.9. The predicted molar refractivity (Wildman–Crippen MR) is 62.0 cm³/mol. The predicted octanol–water partition coefficient (Wildman–Crippen LogP) is 1.25. The number of nitrogens with zero attached hydrogens (tertiary/aromatic N) is 1. The van der Waals surface area contributed by atoms with Gasteiger partial charge in [-0.25, -0.2) is 4.98 Å². The first-order chi connectivity index (χ1) is 7.36. The fraction of sp³-hybridized carbons (Fsp3) is 0.545. The van der Waals surface area contributed by atoms with Crippen LogP contribution >= 0.6 is 0 Å². The maximum Gasteiger partial charge on any atom is 0.126 e. The van der Waals surface area contributed by atoms with Gasteiger partial charge in [0.05, 0.1) is 12.3 Å². The zero-order valence-electron chi connectivity index (χ0n) is 9.42. The van der Waals surface area contributed by atoms with E-state index in [1.165, 1.54) is 0 Å². The number of aromatic nitrogens is 1. The second-order valence-corrected chi connectivity index (χ2v) is 3.21. The van der Waals surface area contributed by atoms with Crippen molar-refractivity contribution in [1.29, 1.82) is 0 Å². The lowest BCUT2D eigenvalue weighted by atomic mass is 10.3. The Morgan fingerprint density at radius 1 is 1.40 bits per heavy atom. The minimum Gasteiger partial charge on any atom is -0.383 e. The molecule has 1 heterocycles. The van der Waals surface area contributed by atoms with Crippen molar-refractivity contribution in [3.63, 3.8) is 0 Å². The lowest BCUT2D eigenvalue weighted by molar-refractivity contribution is 0.210. The summed E-state index contributed by atoms with van der Waals surface area (Å²) >= 11 is 0. The molecule has 0 aliphatic rings. The molecule has 0 bridgehead atoms. The number of rotatable bonds is 7. The summed E-state index contributed by atoms with van der Waals surface area (Å²) in [4.78, 5) is 4.45. The monoisotopic (exact) mass is 209 g/mol. The molecular weight excluding hydrogens is 190 g/mol. The van der Waals surface area contributed by atoms with E-state index in [0.29, 0.717) is 6.61 Å². The molecule has 1 aromatic rings. The molecule has 84 valence electrons. The molecule has 0 unspecified atom stereocenters. The van der Waals surface area contributed by atoms with Crippen LogP contribution in [0.3, 0.4) is 0 Å². The van der Waals surface area contributed by atoms with Gasteiger partial charge in [0.2, 0.25) is 0 Å². The van der Waals surface area contributed by atoms with E-state index in [9.17, 15) is 0 Å². The topological polar surface area (TPSA) is 46.2 Å². The highest BCUT2D eigenvalue weighted by Gasteiger charge is 1.96. The Kier molecular flexibility index (Phi) is 5.73. The first kappa shape index (κ1) is 11.9. The summed E-state index contributed by atoms with van der Waals surface area (Å²) in [6.07, 6.45) is 0. The first-order valence-corrected chi connectivity index (χ1v) is 5.26. The summed E-state index contributed by atoms with van der Waals surface area (Å²) in [5, 5.41) is 6.44. The highest BCUT2D eigenvalue weighted by atomic mass is 16.5. The third-order valence-electron chi connectivity index (χ3n) is 1.98. The van der Waals surface area contributed by atoms with E-state index in [1.807, 2.05) is 18.2 Å². The van der Waals surface area contributed by atoms with E-state index < -0.39 is 0 Å². The molecule has 0 spiro atoms. The lowest BCUT2D eigenvalue weighted by Gasteiger charge is -2.07. The van der Waals surface area contributed by atoms with Crippen molar-refractivity contribution < 1.29 is 4.74 Å². The van der Waals surface area contributed by atoms with E-state index in [1.54, 1.807) is 7.11 Å². The second kappa shape index (κ2) is 7.20. The fourth-order valence-corrected chi connectivity index (χ4v) is 1.21. The maximum atomic E-state index is 4.96. The number of hydrogen-bond donors (Lipinski definition) is 2. The summed E-state index contributed by atoms with van der Waals surface area (Å²) in [6.45, 7) is 5.34. The molecule has 1 rings (SSSR count). The van der Waals surface area contributed by atoms with Gasteiger partial charge in [-0.3, -0.25) is 0 Å². The molecule has 2 N–H and O–H groups in total. The minimum atomic E-state index is 0.694. The Morgan fingerprint density at radius 2 is 2.27 bits per heavy atom.